The Morgan fingerprint density at radius 2 is 1.88 bits per heavy atom. The van der Waals surface area contributed by atoms with Gasteiger partial charge in [0.05, 0.1) is 12.7 Å². The van der Waals surface area contributed by atoms with Crippen molar-refractivity contribution in [3.8, 4) is 17.1 Å². The third-order valence-electron chi connectivity index (χ3n) is 3.94. The van der Waals surface area contributed by atoms with Gasteiger partial charge in [0.1, 0.15) is 11.5 Å². The van der Waals surface area contributed by atoms with Gasteiger partial charge in [-0.3, -0.25) is 4.79 Å². The number of nitrogens with zero attached hydrogens (tertiary/aromatic N) is 1. The lowest BCUT2D eigenvalue weighted by molar-refractivity contribution is 0.0962. The summed E-state index contributed by atoms with van der Waals surface area (Å²) < 4.78 is 11.2. The van der Waals surface area contributed by atoms with Crippen LogP contribution in [0, 0.1) is 0 Å². The molecule has 1 aromatic heterocycles. The Balaban J connectivity index is 1.92. The van der Waals surface area contributed by atoms with Crippen molar-refractivity contribution in [3.05, 3.63) is 66.4 Å². The molecule has 1 amide bonds. The van der Waals surface area contributed by atoms with Crippen molar-refractivity contribution in [2.24, 2.45) is 0 Å². The van der Waals surface area contributed by atoms with E-state index in [1.165, 1.54) is 0 Å². The topological polar surface area (TPSA) is 68.7 Å². The number of anilines is 2. The van der Waals surface area contributed by atoms with E-state index in [9.17, 15) is 4.79 Å². The molecule has 0 aliphatic heterocycles. The smallest absolute Gasteiger partial charge is 0.293 e. The Morgan fingerprint density at radius 3 is 2.56 bits per heavy atom. The van der Waals surface area contributed by atoms with Gasteiger partial charge in [-0.15, -0.1) is 0 Å². The normalized spacial score (nSPS) is 10.5. The Morgan fingerprint density at radius 1 is 1.12 bits per heavy atom. The average molecular weight is 336 g/mol. The minimum atomic E-state index is -0.186. The number of amides is 1. The summed E-state index contributed by atoms with van der Waals surface area (Å²) >= 11 is 0. The minimum absolute atomic E-state index is 0.186. The average Bonchev–Trinajstić information content (AvgIpc) is 3.13. The van der Waals surface area contributed by atoms with Gasteiger partial charge in [0.15, 0.2) is 5.76 Å². The number of carbonyl (C=O) groups is 1. The zero-order chi connectivity index (χ0) is 17.8. The van der Waals surface area contributed by atoms with E-state index >= 15 is 0 Å². The number of para-hydroxylation sites is 1. The molecule has 1 heterocycles. The van der Waals surface area contributed by atoms with Crippen molar-refractivity contribution < 1.29 is 13.9 Å². The Kier molecular flexibility index (Phi) is 4.75. The molecule has 5 heteroatoms. The molecule has 2 N–H and O–H groups in total. The summed E-state index contributed by atoms with van der Waals surface area (Å²) in [6.45, 7) is 2.47. The van der Waals surface area contributed by atoms with E-state index in [0.717, 1.165) is 11.3 Å². The molecule has 25 heavy (non-hydrogen) atoms. The number of hydrogen-bond acceptors (Lipinski definition) is 4. The summed E-state index contributed by atoms with van der Waals surface area (Å²) in [7, 11) is 1.57. The molecule has 0 unspecified atom stereocenters. The van der Waals surface area contributed by atoms with E-state index in [2.05, 4.69) is 0 Å². The molecule has 2 aromatic carbocycles. The van der Waals surface area contributed by atoms with Crippen LogP contribution >= 0.6 is 0 Å². The number of methoxy groups -OCH3 is 1. The molecule has 3 rings (SSSR count). The summed E-state index contributed by atoms with van der Waals surface area (Å²) in [5.41, 5.74) is 7.97. The van der Waals surface area contributed by atoms with Gasteiger partial charge in [-0.2, -0.15) is 0 Å². The lowest BCUT2D eigenvalue weighted by Gasteiger charge is -2.19. The van der Waals surface area contributed by atoms with E-state index in [-0.39, 0.29) is 11.7 Å². The largest absolute Gasteiger partial charge is 0.496 e. The van der Waals surface area contributed by atoms with Crippen LogP contribution < -0.4 is 15.4 Å². The lowest BCUT2D eigenvalue weighted by atomic mass is 10.1. The van der Waals surface area contributed by atoms with Crippen molar-refractivity contribution in [1.82, 2.24) is 0 Å². The second kappa shape index (κ2) is 7.13. The second-order valence-corrected chi connectivity index (χ2v) is 5.51. The molecule has 0 aliphatic carbocycles. The molecule has 0 spiro atoms. The third-order valence-corrected chi connectivity index (χ3v) is 3.94. The third kappa shape index (κ3) is 3.35. The molecule has 0 bridgehead atoms. The van der Waals surface area contributed by atoms with Crippen molar-refractivity contribution in [2.75, 3.05) is 24.3 Å². The summed E-state index contributed by atoms with van der Waals surface area (Å²) in [6, 6.07) is 18.3. The molecule has 0 saturated carbocycles. The first-order chi connectivity index (χ1) is 12.1. The van der Waals surface area contributed by atoms with Crippen LogP contribution in [-0.2, 0) is 0 Å². The Labute approximate surface area is 146 Å². The van der Waals surface area contributed by atoms with Gasteiger partial charge in [0, 0.05) is 24.0 Å². The lowest BCUT2D eigenvalue weighted by Crippen LogP contribution is -2.30. The molecular formula is C20H20N2O3. The van der Waals surface area contributed by atoms with Crippen LogP contribution in [0.1, 0.15) is 17.5 Å². The molecule has 0 radical (unpaired) electrons. The number of nitrogen functional groups attached to an aromatic ring is 1. The summed E-state index contributed by atoms with van der Waals surface area (Å²) in [5, 5.41) is 0. The van der Waals surface area contributed by atoms with Gasteiger partial charge in [-0.05, 0) is 43.3 Å². The maximum absolute atomic E-state index is 12.8. The van der Waals surface area contributed by atoms with Crippen LogP contribution in [0.5, 0.6) is 5.75 Å². The fraction of sp³-hybridized carbons (Fsp3) is 0.150. The molecule has 0 aliphatic rings. The van der Waals surface area contributed by atoms with Crippen molar-refractivity contribution in [3.63, 3.8) is 0 Å². The predicted molar refractivity (Wildman–Crippen MR) is 98.9 cm³/mol. The summed E-state index contributed by atoms with van der Waals surface area (Å²) in [5.74, 6) is 1.25. The first-order valence-corrected chi connectivity index (χ1v) is 8.04. The number of ether oxygens (including phenoxy) is 1. The number of carbonyl (C=O) groups excluding carboxylic acids is 1. The molecule has 5 nitrogen and oxygen atoms in total. The number of nitrogens with two attached hydrogens (primary N) is 1. The van der Waals surface area contributed by atoms with Crippen molar-refractivity contribution in [1.29, 1.82) is 0 Å². The quantitative estimate of drug-likeness (QED) is 0.709. The molecule has 0 saturated heterocycles. The molecule has 3 aromatic rings. The highest BCUT2D eigenvalue weighted by Crippen LogP contribution is 2.33. The highest BCUT2D eigenvalue weighted by atomic mass is 16.5. The standard InChI is InChI=1S/C20H20N2O3/c1-3-22(15-7-5-4-6-8-15)20(23)18-12-11-17(25-18)16-10-9-14(21)13-19(16)24-2/h4-13H,3,21H2,1-2H3. The minimum Gasteiger partial charge on any atom is -0.496 e. The number of hydrogen-bond donors (Lipinski definition) is 1. The van der Waals surface area contributed by atoms with Crippen LogP contribution in [-0.4, -0.2) is 19.6 Å². The predicted octanol–water partition coefficient (Wildman–Crippen LogP) is 4.20. The summed E-state index contributed by atoms with van der Waals surface area (Å²) in [6.07, 6.45) is 0. The van der Waals surface area contributed by atoms with E-state index in [0.29, 0.717) is 23.7 Å². The van der Waals surface area contributed by atoms with Crippen LogP contribution in [0.15, 0.2) is 65.1 Å². The maximum Gasteiger partial charge on any atom is 0.293 e. The first kappa shape index (κ1) is 16.6. The molecular weight excluding hydrogens is 316 g/mol. The van der Waals surface area contributed by atoms with Gasteiger partial charge in [0.25, 0.3) is 5.91 Å². The molecule has 0 fully saturated rings. The Bertz CT molecular complexity index is 872. The maximum atomic E-state index is 12.8. The summed E-state index contributed by atoms with van der Waals surface area (Å²) in [4.78, 5) is 14.5. The van der Waals surface area contributed by atoms with Crippen LogP contribution in [0.3, 0.4) is 0 Å². The van der Waals surface area contributed by atoms with Crippen LogP contribution in [0.25, 0.3) is 11.3 Å². The van der Waals surface area contributed by atoms with E-state index < -0.39 is 0 Å². The van der Waals surface area contributed by atoms with Gasteiger partial charge >= 0.3 is 0 Å². The number of rotatable bonds is 5. The zero-order valence-electron chi connectivity index (χ0n) is 14.2. The van der Waals surface area contributed by atoms with Crippen molar-refractivity contribution >= 4 is 17.3 Å². The van der Waals surface area contributed by atoms with Gasteiger partial charge in [0.2, 0.25) is 0 Å². The number of furan rings is 1. The van der Waals surface area contributed by atoms with Gasteiger partial charge in [-0.1, -0.05) is 18.2 Å². The number of benzene rings is 2. The second-order valence-electron chi connectivity index (χ2n) is 5.51. The van der Waals surface area contributed by atoms with Crippen LogP contribution in [0.2, 0.25) is 0 Å². The fourth-order valence-electron chi connectivity index (χ4n) is 2.69. The van der Waals surface area contributed by atoms with Gasteiger partial charge < -0.3 is 19.8 Å². The molecule has 0 atom stereocenters. The van der Waals surface area contributed by atoms with E-state index in [4.69, 9.17) is 14.9 Å². The van der Waals surface area contributed by atoms with E-state index in [1.54, 1.807) is 36.3 Å². The first-order valence-electron chi connectivity index (χ1n) is 8.04. The SMILES string of the molecule is CCN(C(=O)c1ccc(-c2ccc(N)cc2OC)o1)c1ccccc1. The highest BCUT2D eigenvalue weighted by Gasteiger charge is 2.20. The van der Waals surface area contributed by atoms with Crippen molar-refractivity contribution in [2.45, 2.75) is 6.92 Å². The fourth-order valence-corrected chi connectivity index (χ4v) is 2.69. The van der Waals surface area contributed by atoms with E-state index in [1.807, 2.05) is 43.3 Å². The Hall–Kier alpha value is -3.21. The zero-order valence-corrected chi connectivity index (χ0v) is 14.2. The van der Waals surface area contributed by atoms with Gasteiger partial charge in [-0.25, -0.2) is 0 Å². The highest BCUT2D eigenvalue weighted by molar-refractivity contribution is 6.04. The van der Waals surface area contributed by atoms with Crippen LogP contribution in [0.4, 0.5) is 11.4 Å². The monoisotopic (exact) mass is 336 g/mol. The molecule has 128 valence electrons.